The molecule has 2 amide bonds. The van der Waals surface area contributed by atoms with E-state index in [2.05, 4.69) is 0 Å². The molecule has 210 valence electrons. The lowest BCUT2D eigenvalue weighted by atomic mass is 9.97. The Morgan fingerprint density at radius 2 is 1.65 bits per heavy atom. The lowest BCUT2D eigenvalue weighted by molar-refractivity contribution is -0.133. The minimum absolute atomic E-state index is 0.0966. The molecule has 3 aromatic carbocycles. The minimum atomic E-state index is -0.661. The molecule has 0 saturated carbocycles. The third kappa shape index (κ3) is 6.23. The molecular formula is C30H32FN3O6. The van der Waals surface area contributed by atoms with Gasteiger partial charge >= 0.3 is 0 Å². The molecule has 0 fully saturated rings. The summed E-state index contributed by atoms with van der Waals surface area (Å²) in [6.07, 6.45) is 0.403. The summed E-state index contributed by atoms with van der Waals surface area (Å²) in [6, 6.07) is 18.0. The first-order chi connectivity index (χ1) is 19.4. The van der Waals surface area contributed by atoms with Gasteiger partial charge in [0.25, 0.3) is 11.8 Å². The Bertz CT molecular complexity index is 1380. The summed E-state index contributed by atoms with van der Waals surface area (Å²) in [5.41, 5.74) is 2.07. The molecule has 10 heteroatoms. The number of ether oxygens (including phenoxy) is 4. The fraction of sp³-hybridized carbons (Fsp3) is 0.300. The van der Waals surface area contributed by atoms with E-state index in [0.29, 0.717) is 29.4 Å². The van der Waals surface area contributed by atoms with Crippen molar-refractivity contribution in [1.29, 1.82) is 0 Å². The van der Waals surface area contributed by atoms with Crippen molar-refractivity contribution in [2.75, 3.05) is 48.1 Å². The Morgan fingerprint density at radius 1 is 0.950 bits per heavy atom. The highest BCUT2D eigenvalue weighted by molar-refractivity contribution is 6.05. The molecule has 0 aliphatic carbocycles. The van der Waals surface area contributed by atoms with E-state index < -0.39 is 23.7 Å². The van der Waals surface area contributed by atoms with Gasteiger partial charge in [0, 0.05) is 31.7 Å². The first-order valence-corrected chi connectivity index (χ1v) is 12.7. The second-order valence-corrected chi connectivity index (χ2v) is 9.04. The molecule has 3 aromatic rings. The zero-order valence-electron chi connectivity index (χ0n) is 22.9. The zero-order valence-corrected chi connectivity index (χ0v) is 22.9. The van der Waals surface area contributed by atoms with Crippen molar-refractivity contribution in [2.24, 2.45) is 5.10 Å². The molecule has 1 heterocycles. The molecule has 0 radical (unpaired) electrons. The van der Waals surface area contributed by atoms with Gasteiger partial charge in [0.1, 0.15) is 29.6 Å². The minimum Gasteiger partial charge on any atom is -0.497 e. The van der Waals surface area contributed by atoms with Crippen LogP contribution < -0.4 is 14.2 Å². The molecule has 0 spiro atoms. The van der Waals surface area contributed by atoms with E-state index in [-0.39, 0.29) is 25.3 Å². The molecule has 1 aliphatic rings. The maximum Gasteiger partial charge on any atom is 0.262 e. The van der Waals surface area contributed by atoms with Gasteiger partial charge in [-0.2, -0.15) is 5.10 Å². The summed E-state index contributed by atoms with van der Waals surface area (Å²) < 4.78 is 35.8. The maximum absolute atomic E-state index is 14.4. The number of hydrogen-bond donors (Lipinski definition) is 0. The van der Waals surface area contributed by atoms with Crippen molar-refractivity contribution in [1.82, 2.24) is 9.91 Å². The predicted molar refractivity (Wildman–Crippen MR) is 147 cm³/mol. The van der Waals surface area contributed by atoms with Gasteiger partial charge in [-0.05, 0) is 42.0 Å². The Kier molecular flexibility index (Phi) is 9.34. The highest BCUT2D eigenvalue weighted by Gasteiger charge is 2.35. The van der Waals surface area contributed by atoms with Crippen molar-refractivity contribution < 1.29 is 32.9 Å². The number of rotatable bonds is 11. The van der Waals surface area contributed by atoms with Crippen LogP contribution in [0.4, 0.5) is 4.39 Å². The highest BCUT2D eigenvalue weighted by atomic mass is 19.1. The van der Waals surface area contributed by atoms with Gasteiger partial charge in [-0.15, -0.1) is 0 Å². The quantitative estimate of drug-likeness (QED) is 0.354. The molecule has 9 nitrogen and oxygen atoms in total. The molecule has 40 heavy (non-hydrogen) atoms. The molecule has 0 N–H and O–H groups in total. The van der Waals surface area contributed by atoms with Gasteiger partial charge in [-0.1, -0.05) is 24.3 Å². The summed E-state index contributed by atoms with van der Waals surface area (Å²) in [7, 11) is 6.20. The van der Waals surface area contributed by atoms with E-state index >= 15 is 0 Å². The predicted octanol–water partition coefficient (Wildman–Crippen LogP) is 4.32. The van der Waals surface area contributed by atoms with E-state index in [9.17, 15) is 14.0 Å². The summed E-state index contributed by atoms with van der Waals surface area (Å²) in [5.74, 6) is 0.163. The van der Waals surface area contributed by atoms with Gasteiger partial charge in [0.2, 0.25) is 0 Å². The van der Waals surface area contributed by atoms with Gasteiger partial charge < -0.3 is 23.8 Å². The number of nitrogens with zero attached hydrogens (tertiary/aromatic N) is 3. The SMILES string of the molecule is COCCN(CC(=O)N1N=C(c2ccc(OC)cc2OC)CC1c1ccc(OC)cc1)C(=O)c1ccccc1F. The molecule has 0 aromatic heterocycles. The summed E-state index contributed by atoms with van der Waals surface area (Å²) in [6.45, 7) is -0.0496. The van der Waals surface area contributed by atoms with Crippen LogP contribution in [0, 0.1) is 5.82 Å². The summed E-state index contributed by atoms with van der Waals surface area (Å²) >= 11 is 0. The van der Waals surface area contributed by atoms with Crippen LogP contribution in [0.1, 0.15) is 33.9 Å². The van der Waals surface area contributed by atoms with Crippen LogP contribution in [0.3, 0.4) is 0 Å². The van der Waals surface area contributed by atoms with E-state index in [1.54, 1.807) is 39.5 Å². The first-order valence-electron chi connectivity index (χ1n) is 12.7. The lowest BCUT2D eigenvalue weighted by Gasteiger charge is -2.27. The molecular weight excluding hydrogens is 517 g/mol. The number of halogens is 1. The van der Waals surface area contributed by atoms with E-state index in [1.807, 2.05) is 30.3 Å². The third-order valence-electron chi connectivity index (χ3n) is 6.67. The van der Waals surface area contributed by atoms with E-state index in [0.717, 1.165) is 11.1 Å². The van der Waals surface area contributed by atoms with Gasteiger partial charge in [-0.25, -0.2) is 9.40 Å². The summed E-state index contributed by atoms with van der Waals surface area (Å²) in [4.78, 5) is 28.3. The van der Waals surface area contributed by atoms with E-state index in [1.165, 1.54) is 35.2 Å². The zero-order chi connectivity index (χ0) is 28.6. The fourth-order valence-electron chi connectivity index (χ4n) is 4.52. The molecule has 0 bridgehead atoms. The van der Waals surface area contributed by atoms with Crippen molar-refractivity contribution in [2.45, 2.75) is 12.5 Å². The van der Waals surface area contributed by atoms with Gasteiger partial charge in [-0.3, -0.25) is 9.59 Å². The Labute approximate surface area is 232 Å². The molecule has 1 unspecified atom stereocenters. The normalized spacial score (nSPS) is 14.5. The van der Waals surface area contributed by atoms with Crippen LogP contribution in [0.25, 0.3) is 0 Å². The van der Waals surface area contributed by atoms with Crippen LogP contribution in [-0.4, -0.2) is 75.6 Å². The lowest BCUT2D eigenvalue weighted by Crippen LogP contribution is -2.43. The molecule has 0 saturated heterocycles. The first kappa shape index (κ1) is 28.6. The van der Waals surface area contributed by atoms with Crippen molar-refractivity contribution in [3.63, 3.8) is 0 Å². The Hall–Kier alpha value is -4.44. The van der Waals surface area contributed by atoms with E-state index in [4.69, 9.17) is 24.0 Å². The summed E-state index contributed by atoms with van der Waals surface area (Å²) in [5, 5.41) is 6.09. The van der Waals surface area contributed by atoms with Crippen molar-refractivity contribution >= 4 is 17.5 Å². The largest absolute Gasteiger partial charge is 0.497 e. The number of hydrazone groups is 1. The number of benzene rings is 3. The molecule has 1 atom stereocenters. The van der Waals surface area contributed by atoms with Crippen LogP contribution in [0.5, 0.6) is 17.2 Å². The van der Waals surface area contributed by atoms with Gasteiger partial charge in [0.05, 0.1) is 45.3 Å². The Morgan fingerprint density at radius 3 is 2.30 bits per heavy atom. The monoisotopic (exact) mass is 549 g/mol. The highest BCUT2D eigenvalue weighted by Crippen LogP contribution is 2.36. The standard InChI is InChI=1S/C30H32FN3O6/c1-37-16-15-33(30(36)23-7-5-6-8-25(23)31)19-29(35)34-27(20-9-11-21(38-2)12-10-20)18-26(32-34)24-14-13-22(39-3)17-28(24)40-4/h5-14,17,27H,15-16,18-19H2,1-4H3. The smallest absolute Gasteiger partial charge is 0.262 e. The van der Waals surface area contributed by atoms with Crippen molar-refractivity contribution in [3.05, 3.63) is 89.2 Å². The molecule has 1 aliphatic heterocycles. The average Bonchev–Trinajstić information content (AvgIpc) is 3.44. The topological polar surface area (TPSA) is 89.9 Å². The number of carbonyl (C=O) groups is 2. The average molecular weight is 550 g/mol. The number of methoxy groups -OCH3 is 4. The number of amides is 2. The van der Waals surface area contributed by atoms with Crippen LogP contribution in [0.2, 0.25) is 0 Å². The van der Waals surface area contributed by atoms with Crippen LogP contribution >= 0.6 is 0 Å². The van der Waals surface area contributed by atoms with Crippen LogP contribution in [-0.2, 0) is 9.53 Å². The number of hydrogen-bond acceptors (Lipinski definition) is 7. The maximum atomic E-state index is 14.4. The Balaban J connectivity index is 1.68. The third-order valence-corrected chi connectivity index (χ3v) is 6.67. The number of carbonyl (C=O) groups excluding carboxylic acids is 2. The van der Waals surface area contributed by atoms with Gasteiger partial charge in [0.15, 0.2) is 0 Å². The van der Waals surface area contributed by atoms with Crippen LogP contribution in [0.15, 0.2) is 71.8 Å². The fourth-order valence-corrected chi connectivity index (χ4v) is 4.52. The molecule has 4 rings (SSSR count). The second kappa shape index (κ2) is 13.1. The van der Waals surface area contributed by atoms with Crippen molar-refractivity contribution in [3.8, 4) is 17.2 Å². The second-order valence-electron chi connectivity index (χ2n) is 9.04.